The maximum absolute atomic E-state index is 11.8. The molecule has 0 unspecified atom stereocenters. The fourth-order valence-electron chi connectivity index (χ4n) is 0.403. The predicted octanol–water partition coefficient (Wildman–Crippen LogP) is 1.33. The van der Waals surface area contributed by atoms with E-state index < -0.39 is 16.8 Å². The van der Waals surface area contributed by atoms with Crippen molar-refractivity contribution in [3.63, 3.8) is 0 Å². The first-order chi connectivity index (χ1) is 4.20. The van der Waals surface area contributed by atoms with Gasteiger partial charge in [-0.15, -0.1) is 0 Å². The molecule has 1 aromatic rings. The number of hydrogen-bond acceptors (Lipinski definition) is 3. The van der Waals surface area contributed by atoms with Gasteiger partial charge in [0.2, 0.25) is 0 Å². The van der Waals surface area contributed by atoms with Crippen LogP contribution < -0.4 is 0 Å². The van der Waals surface area contributed by atoms with Crippen molar-refractivity contribution in [1.82, 2.24) is 0 Å². The van der Waals surface area contributed by atoms with Crippen molar-refractivity contribution in [1.29, 1.82) is 0 Å². The summed E-state index contributed by atoms with van der Waals surface area (Å²) >= 11 is 0. The van der Waals surface area contributed by atoms with Gasteiger partial charge in [0.25, 0.3) is 6.01 Å². The van der Waals surface area contributed by atoms with Crippen LogP contribution in [0.4, 0.5) is 10.3 Å². The van der Waals surface area contributed by atoms with Crippen LogP contribution >= 0.6 is 0 Å². The topological polar surface area (TPSA) is 56.3 Å². The predicted molar refractivity (Wildman–Crippen MR) is 25.3 cm³/mol. The third-order valence-electron chi connectivity index (χ3n) is 0.739. The quantitative estimate of drug-likeness (QED) is 0.426. The molecule has 0 fully saturated rings. The van der Waals surface area contributed by atoms with E-state index >= 15 is 0 Å². The van der Waals surface area contributed by atoms with E-state index in [-0.39, 0.29) is 0 Å². The lowest BCUT2D eigenvalue weighted by Gasteiger charge is -1.77. The summed E-state index contributed by atoms with van der Waals surface area (Å²) in [6, 6.07) is 0.898. The molecule has 4 nitrogen and oxygen atoms in total. The van der Waals surface area contributed by atoms with E-state index in [0.717, 1.165) is 12.1 Å². The summed E-state index contributed by atoms with van der Waals surface area (Å²) in [5.41, 5.74) is 0. The number of hydrogen-bond donors (Lipinski definition) is 0. The first kappa shape index (κ1) is 5.74. The van der Waals surface area contributed by atoms with Crippen LogP contribution in [0.1, 0.15) is 0 Å². The first-order valence-electron chi connectivity index (χ1n) is 2.10. The van der Waals surface area contributed by atoms with E-state index in [9.17, 15) is 14.5 Å². The Kier molecular flexibility index (Phi) is 1.18. The maximum Gasteiger partial charge on any atom is 0.435 e. The molecule has 5 heteroatoms. The lowest BCUT2D eigenvalue weighted by Crippen LogP contribution is -1.82. The minimum Gasteiger partial charge on any atom is -0.373 e. The zero-order valence-electron chi connectivity index (χ0n) is 4.20. The Morgan fingerprint density at radius 1 is 1.67 bits per heavy atom. The molecule has 0 bridgehead atoms. The van der Waals surface area contributed by atoms with E-state index in [1.807, 2.05) is 0 Å². The van der Waals surface area contributed by atoms with Gasteiger partial charge in [-0.3, -0.25) is 10.1 Å². The summed E-state index contributed by atoms with van der Waals surface area (Å²) in [4.78, 5) is 8.96. The summed E-state index contributed by atoms with van der Waals surface area (Å²) < 4.78 is 15.8. The molecule has 0 N–H and O–H groups in total. The van der Waals surface area contributed by atoms with Crippen LogP contribution in [0.25, 0.3) is 0 Å². The smallest absolute Gasteiger partial charge is 0.373 e. The van der Waals surface area contributed by atoms with Crippen LogP contribution in [0.15, 0.2) is 16.5 Å². The Morgan fingerprint density at radius 2 is 2.33 bits per heavy atom. The minimum atomic E-state index is -0.943. The highest BCUT2D eigenvalue weighted by Crippen LogP contribution is 2.12. The monoisotopic (exact) mass is 131 g/mol. The van der Waals surface area contributed by atoms with Gasteiger partial charge in [-0.2, -0.15) is 4.39 Å². The first-order valence-corrected chi connectivity index (χ1v) is 2.10. The zero-order chi connectivity index (χ0) is 6.85. The Bertz CT molecular complexity index is 231. The fraction of sp³-hybridized carbons (Fsp3) is 0. The van der Waals surface area contributed by atoms with Crippen molar-refractivity contribution < 1.29 is 13.7 Å². The molecule has 1 aromatic heterocycles. The van der Waals surface area contributed by atoms with Gasteiger partial charge in [0.15, 0.2) is 0 Å². The second kappa shape index (κ2) is 1.85. The van der Waals surface area contributed by atoms with Crippen LogP contribution in [-0.4, -0.2) is 4.92 Å². The van der Waals surface area contributed by atoms with Gasteiger partial charge in [0, 0.05) is 6.07 Å². The summed E-state index contributed by atoms with van der Waals surface area (Å²) in [5.74, 6) is -0.576. The summed E-state index contributed by atoms with van der Waals surface area (Å²) in [6.45, 7) is 0. The van der Waals surface area contributed by atoms with Crippen molar-refractivity contribution in [2.24, 2.45) is 0 Å². The summed E-state index contributed by atoms with van der Waals surface area (Å²) in [7, 11) is 0. The number of nitro groups is 1. The summed E-state index contributed by atoms with van der Waals surface area (Å²) in [5, 5.41) is 9.76. The minimum absolute atomic E-state index is 0.576. The highest BCUT2D eigenvalue weighted by Gasteiger charge is 2.10. The average molecular weight is 131 g/mol. The fourth-order valence-corrected chi connectivity index (χ4v) is 0.403. The van der Waals surface area contributed by atoms with Crippen molar-refractivity contribution in [2.45, 2.75) is 0 Å². The number of halogens is 1. The van der Waals surface area contributed by atoms with Crippen LogP contribution in [0.3, 0.4) is 0 Å². The van der Waals surface area contributed by atoms with Crippen LogP contribution in [-0.2, 0) is 0 Å². The molecule has 9 heavy (non-hydrogen) atoms. The van der Waals surface area contributed by atoms with Crippen LogP contribution in [0.2, 0.25) is 0 Å². The van der Waals surface area contributed by atoms with Gasteiger partial charge in [0.1, 0.15) is 4.92 Å². The van der Waals surface area contributed by atoms with Gasteiger partial charge in [-0.05, 0) is 0 Å². The van der Waals surface area contributed by atoms with Crippen LogP contribution in [0, 0.1) is 16.1 Å². The molecule has 0 aliphatic rings. The lowest BCUT2D eigenvalue weighted by atomic mass is 10.6. The van der Waals surface area contributed by atoms with Gasteiger partial charge >= 0.3 is 5.88 Å². The van der Waals surface area contributed by atoms with Crippen molar-refractivity contribution in [2.75, 3.05) is 0 Å². The molecule has 0 amide bonds. The van der Waals surface area contributed by atoms with Crippen molar-refractivity contribution in [3.05, 3.63) is 28.3 Å². The molecule has 48 valence electrons. The third-order valence-corrected chi connectivity index (χ3v) is 0.739. The highest BCUT2D eigenvalue weighted by molar-refractivity contribution is 5.12. The number of furan rings is 1. The Labute approximate surface area is 49.0 Å². The maximum atomic E-state index is 11.8. The van der Waals surface area contributed by atoms with Crippen LogP contribution in [0.5, 0.6) is 0 Å². The third kappa shape index (κ3) is 1.04. The van der Waals surface area contributed by atoms with Gasteiger partial charge in [0.05, 0.1) is 6.07 Å². The molecule has 0 saturated heterocycles. The Morgan fingerprint density at radius 3 is 2.56 bits per heavy atom. The molecule has 0 radical (unpaired) electrons. The second-order valence-corrected chi connectivity index (χ2v) is 1.33. The number of rotatable bonds is 1. The molecule has 0 saturated carbocycles. The Hall–Kier alpha value is -1.39. The van der Waals surface area contributed by atoms with E-state index in [1.165, 1.54) is 0 Å². The van der Waals surface area contributed by atoms with E-state index in [4.69, 9.17) is 0 Å². The lowest BCUT2D eigenvalue weighted by molar-refractivity contribution is -0.403. The largest absolute Gasteiger partial charge is 0.435 e. The highest BCUT2D eigenvalue weighted by atomic mass is 19.1. The summed E-state index contributed by atoms with van der Waals surface area (Å²) in [6.07, 6.45) is 0. The zero-order valence-corrected chi connectivity index (χ0v) is 4.20. The van der Waals surface area contributed by atoms with Crippen molar-refractivity contribution in [3.8, 4) is 0 Å². The molecular weight excluding hydrogens is 129 g/mol. The van der Waals surface area contributed by atoms with E-state index in [0.29, 0.717) is 0 Å². The SMILES string of the molecule is O=[N+]([O-])c1ccc(F)o1. The molecular formula is C4H2FNO3. The molecule has 0 aliphatic carbocycles. The van der Waals surface area contributed by atoms with Gasteiger partial charge in [-0.1, -0.05) is 0 Å². The molecule has 1 rings (SSSR count). The molecule has 1 heterocycles. The second-order valence-electron chi connectivity index (χ2n) is 1.33. The van der Waals surface area contributed by atoms with E-state index in [1.54, 1.807) is 0 Å². The van der Waals surface area contributed by atoms with Gasteiger partial charge < -0.3 is 4.42 Å². The molecule has 0 atom stereocenters. The van der Waals surface area contributed by atoms with Gasteiger partial charge in [-0.25, -0.2) is 0 Å². The van der Waals surface area contributed by atoms with E-state index in [2.05, 4.69) is 4.42 Å². The molecule has 0 aromatic carbocycles. The standard InChI is InChI=1S/C4H2FNO3/c5-3-1-2-4(9-3)6(7)8/h1-2H. The van der Waals surface area contributed by atoms with Crippen molar-refractivity contribution >= 4 is 5.88 Å². The number of nitrogens with zero attached hydrogens (tertiary/aromatic N) is 1. The molecule has 0 aliphatic heterocycles. The average Bonchev–Trinajstić information content (AvgIpc) is 2.14. The molecule has 0 spiro atoms. The Balaban J connectivity index is 2.98. The normalized spacial score (nSPS) is 9.44.